The van der Waals surface area contributed by atoms with Crippen molar-refractivity contribution in [2.45, 2.75) is 82.7 Å². The highest BCUT2D eigenvalue weighted by atomic mass is 28.2. The van der Waals surface area contributed by atoms with Crippen LogP contribution >= 0.6 is 0 Å². The molecule has 0 atom stereocenters. The Morgan fingerprint density at radius 1 is 0.889 bits per heavy atom. The molecule has 0 unspecified atom stereocenters. The van der Waals surface area contributed by atoms with Gasteiger partial charge < -0.3 is 4.74 Å². The van der Waals surface area contributed by atoms with Crippen molar-refractivity contribution in [2.24, 2.45) is 17.8 Å². The maximum atomic E-state index is 12.3. The van der Waals surface area contributed by atoms with Crippen LogP contribution < -0.4 is 4.74 Å². The average molecular weight is 399 g/mol. The van der Waals surface area contributed by atoms with E-state index in [0.29, 0.717) is 5.92 Å². The van der Waals surface area contributed by atoms with Gasteiger partial charge in [0.15, 0.2) is 0 Å². The van der Waals surface area contributed by atoms with Gasteiger partial charge in [-0.25, -0.2) is 0 Å². The minimum absolute atomic E-state index is 0.123. The molecule has 3 rings (SSSR count). The summed E-state index contributed by atoms with van der Waals surface area (Å²) in [6.45, 7) is 2.42. The lowest BCUT2D eigenvalue weighted by atomic mass is 9.68. The third kappa shape index (κ3) is 6.26. The van der Waals surface area contributed by atoms with Crippen molar-refractivity contribution in [3.05, 3.63) is 29.8 Å². The Hall–Kier alpha value is -0.973. The Kier molecular flexibility index (Phi) is 7.29. The molecular formula is C22H33F3OSi. The van der Waals surface area contributed by atoms with E-state index in [1.807, 2.05) is 12.1 Å². The van der Waals surface area contributed by atoms with Crippen molar-refractivity contribution in [1.82, 2.24) is 0 Å². The van der Waals surface area contributed by atoms with Crippen LogP contribution in [0.5, 0.6) is 5.75 Å². The summed E-state index contributed by atoms with van der Waals surface area (Å²) in [5.41, 5.74) is 1.16. The molecule has 2 aliphatic rings. The standard InChI is InChI=1S/C22H33F3OSi/c1-27-15-14-16-2-4-17(5-3-16)18-6-8-19(9-7-18)20-10-12-21(13-11-20)26-22(23,24)25/h10-13,16-19H,2-9,14-15,27H2,1H3. The van der Waals surface area contributed by atoms with Crippen LogP contribution in [0, 0.1) is 17.8 Å². The lowest BCUT2D eigenvalue weighted by Gasteiger charge is -2.38. The van der Waals surface area contributed by atoms with E-state index in [1.54, 1.807) is 0 Å². The minimum Gasteiger partial charge on any atom is -0.406 e. The van der Waals surface area contributed by atoms with E-state index in [4.69, 9.17) is 0 Å². The highest BCUT2D eigenvalue weighted by Crippen LogP contribution is 2.44. The van der Waals surface area contributed by atoms with Crippen LogP contribution in [0.1, 0.15) is 69.3 Å². The zero-order valence-corrected chi connectivity index (χ0v) is 17.9. The Bertz CT molecular complexity index is 556. The van der Waals surface area contributed by atoms with Gasteiger partial charge in [0.1, 0.15) is 5.75 Å². The maximum absolute atomic E-state index is 12.3. The van der Waals surface area contributed by atoms with Gasteiger partial charge in [-0.15, -0.1) is 13.2 Å². The van der Waals surface area contributed by atoms with Crippen molar-refractivity contribution < 1.29 is 17.9 Å². The van der Waals surface area contributed by atoms with Crippen LogP contribution in [0.15, 0.2) is 24.3 Å². The molecule has 1 aromatic rings. The molecule has 2 saturated carbocycles. The number of alkyl halides is 3. The van der Waals surface area contributed by atoms with Gasteiger partial charge in [-0.3, -0.25) is 0 Å². The highest BCUT2D eigenvalue weighted by molar-refractivity contribution is 6.33. The van der Waals surface area contributed by atoms with E-state index in [-0.39, 0.29) is 15.3 Å². The van der Waals surface area contributed by atoms with Gasteiger partial charge in [-0.1, -0.05) is 44.0 Å². The van der Waals surface area contributed by atoms with E-state index in [2.05, 4.69) is 11.3 Å². The summed E-state index contributed by atoms with van der Waals surface area (Å²) in [6, 6.07) is 8.06. The van der Waals surface area contributed by atoms with Gasteiger partial charge in [-0.2, -0.15) is 0 Å². The molecule has 0 amide bonds. The molecule has 0 saturated heterocycles. The number of benzene rings is 1. The van der Waals surface area contributed by atoms with Crippen LogP contribution in [0.25, 0.3) is 0 Å². The molecule has 152 valence electrons. The van der Waals surface area contributed by atoms with Crippen LogP contribution in [0.3, 0.4) is 0 Å². The van der Waals surface area contributed by atoms with Crippen LogP contribution in [-0.4, -0.2) is 15.9 Å². The number of hydrogen-bond donors (Lipinski definition) is 0. The quantitative estimate of drug-likeness (QED) is 0.485. The van der Waals surface area contributed by atoms with Gasteiger partial charge in [-0.05, 0) is 79.9 Å². The van der Waals surface area contributed by atoms with Crippen molar-refractivity contribution in [1.29, 1.82) is 0 Å². The fourth-order valence-corrected chi connectivity index (χ4v) is 6.29. The van der Waals surface area contributed by atoms with Gasteiger partial charge in [0, 0.05) is 9.52 Å². The second kappa shape index (κ2) is 9.49. The molecular weight excluding hydrogens is 365 g/mol. The van der Waals surface area contributed by atoms with Gasteiger partial charge in [0.2, 0.25) is 0 Å². The van der Waals surface area contributed by atoms with Gasteiger partial charge in [0.25, 0.3) is 0 Å². The molecule has 27 heavy (non-hydrogen) atoms. The van der Waals surface area contributed by atoms with Crippen LogP contribution in [0.2, 0.25) is 12.6 Å². The third-order valence-electron chi connectivity index (χ3n) is 6.88. The fourth-order valence-electron chi connectivity index (χ4n) is 5.31. The summed E-state index contributed by atoms with van der Waals surface area (Å²) in [4.78, 5) is 0. The van der Waals surface area contributed by atoms with E-state index in [9.17, 15) is 13.2 Å². The maximum Gasteiger partial charge on any atom is 0.573 e. The summed E-state index contributed by atoms with van der Waals surface area (Å²) in [5.74, 6) is 3.16. The molecule has 0 spiro atoms. The number of ether oxygens (including phenoxy) is 1. The predicted octanol–water partition coefficient (Wildman–Crippen LogP) is 6.69. The molecule has 0 radical (unpaired) electrons. The monoisotopic (exact) mass is 398 g/mol. The molecule has 1 nitrogen and oxygen atoms in total. The van der Waals surface area contributed by atoms with Crippen molar-refractivity contribution in [3.63, 3.8) is 0 Å². The summed E-state index contributed by atoms with van der Waals surface area (Å²) >= 11 is 0. The lowest BCUT2D eigenvalue weighted by molar-refractivity contribution is -0.274. The van der Waals surface area contributed by atoms with Crippen LogP contribution in [-0.2, 0) is 0 Å². The fraction of sp³-hybridized carbons (Fsp3) is 0.727. The second-order valence-corrected chi connectivity index (χ2v) is 10.4. The highest BCUT2D eigenvalue weighted by Gasteiger charge is 2.32. The molecule has 0 N–H and O–H groups in total. The normalized spacial score (nSPS) is 29.9. The molecule has 2 aliphatic carbocycles. The largest absolute Gasteiger partial charge is 0.573 e. The predicted molar refractivity (Wildman–Crippen MR) is 107 cm³/mol. The van der Waals surface area contributed by atoms with Crippen molar-refractivity contribution in [3.8, 4) is 5.75 Å². The lowest BCUT2D eigenvalue weighted by Crippen LogP contribution is -2.25. The Labute approximate surface area is 163 Å². The van der Waals surface area contributed by atoms with Crippen LogP contribution in [0.4, 0.5) is 13.2 Å². The van der Waals surface area contributed by atoms with E-state index in [0.717, 1.165) is 23.3 Å². The zero-order valence-electron chi connectivity index (χ0n) is 16.4. The third-order valence-corrected chi connectivity index (χ3v) is 8.00. The van der Waals surface area contributed by atoms with Crippen molar-refractivity contribution >= 4 is 9.52 Å². The van der Waals surface area contributed by atoms with Gasteiger partial charge in [0.05, 0.1) is 0 Å². The average Bonchev–Trinajstić information content (AvgIpc) is 2.66. The Morgan fingerprint density at radius 3 is 1.96 bits per heavy atom. The summed E-state index contributed by atoms with van der Waals surface area (Å²) in [5, 5.41) is 0. The smallest absolute Gasteiger partial charge is 0.406 e. The molecule has 0 aromatic heterocycles. The molecule has 0 aliphatic heterocycles. The summed E-state index contributed by atoms with van der Waals surface area (Å²) in [7, 11) is 0.230. The second-order valence-electron chi connectivity index (χ2n) is 8.65. The minimum atomic E-state index is -4.61. The first kappa shape index (κ1) is 20.8. The SMILES string of the molecule is C[SiH2]CCC1CCC(C2CCC(c3ccc(OC(F)(F)F)cc3)CC2)CC1. The van der Waals surface area contributed by atoms with E-state index >= 15 is 0 Å². The molecule has 2 fully saturated rings. The summed E-state index contributed by atoms with van der Waals surface area (Å²) < 4.78 is 40.8. The zero-order chi connectivity index (χ0) is 19.3. The number of rotatable bonds is 6. The molecule has 0 heterocycles. The van der Waals surface area contributed by atoms with E-state index in [1.165, 1.54) is 76.0 Å². The van der Waals surface area contributed by atoms with Gasteiger partial charge >= 0.3 is 6.36 Å². The van der Waals surface area contributed by atoms with E-state index < -0.39 is 6.36 Å². The topological polar surface area (TPSA) is 9.23 Å². The first-order valence-corrected chi connectivity index (χ1v) is 13.2. The Morgan fingerprint density at radius 2 is 1.44 bits per heavy atom. The number of hydrogen-bond acceptors (Lipinski definition) is 1. The molecule has 1 aromatic carbocycles. The van der Waals surface area contributed by atoms with Crippen molar-refractivity contribution in [2.75, 3.05) is 0 Å². The first-order valence-electron chi connectivity index (χ1n) is 10.8. The molecule has 0 bridgehead atoms. The molecule has 5 heteroatoms. The first-order chi connectivity index (χ1) is 12.9. The number of halogens is 3. The Balaban J connectivity index is 1.44. The summed E-state index contributed by atoms with van der Waals surface area (Å²) in [6.07, 6.45) is 7.51.